The number of carbonyl (C=O) groups excluding carboxylic acids is 2. The fourth-order valence-corrected chi connectivity index (χ4v) is 1.39. The summed E-state index contributed by atoms with van der Waals surface area (Å²) in [6.07, 6.45) is 1.59. The van der Waals surface area contributed by atoms with Crippen molar-refractivity contribution >= 4 is 17.8 Å². The van der Waals surface area contributed by atoms with Gasteiger partial charge in [-0.2, -0.15) is 0 Å². The fourth-order valence-electron chi connectivity index (χ4n) is 1.39. The number of carboxylic acid groups (broad SMARTS) is 1. The summed E-state index contributed by atoms with van der Waals surface area (Å²) in [5.74, 6) is -1.72. The number of rotatable bonds is 9. The summed E-state index contributed by atoms with van der Waals surface area (Å²) in [4.78, 5) is 33.4. The van der Waals surface area contributed by atoms with Crippen molar-refractivity contribution in [1.29, 1.82) is 0 Å². The summed E-state index contributed by atoms with van der Waals surface area (Å²) in [7, 11) is 0. The molecule has 20 heavy (non-hydrogen) atoms. The van der Waals surface area contributed by atoms with Crippen LogP contribution in [0.15, 0.2) is 0 Å². The minimum absolute atomic E-state index is 0.304. The molecule has 2 amide bonds. The molecule has 0 saturated carbocycles. The summed E-state index contributed by atoms with van der Waals surface area (Å²) >= 11 is 0. The minimum atomic E-state index is -1.03. The Morgan fingerprint density at radius 1 is 1.10 bits per heavy atom. The van der Waals surface area contributed by atoms with Gasteiger partial charge in [0.05, 0.1) is 6.04 Å². The maximum atomic E-state index is 11.6. The van der Waals surface area contributed by atoms with Crippen molar-refractivity contribution in [2.45, 2.75) is 51.2 Å². The summed E-state index contributed by atoms with van der Waals surface area (Å²) in [5.41, 5.74) is 10.7. The first-order chi connectivity index (χ1) is 9.25. The fraction of sp³-hybridized carbons (Fsp3) is 0.750. The van der Waals surface area contributed by atoms with Crippen LogP contribution < -0.4 is 22.1 Å². The number of nitrogens with two attached hydrogens (primary N) is 2. The van der Waals surface area contributed by atoms with E-state index in [2.05, 4.69) is 10.6 Å². The third-order valence-electron chi connectivity index (χ3n) is 2.72. The Morgan fingerprint density at radius 3 is 2.20 bits per heavy atom. The number of carboxylic acids is 1. The number of carbonyl (C=O) groups is 3. The number of unbranched alkanes of at least 4 members (excludes halogenated alkanes) is 1. The van der Waals surface area contributed by atoms with Crippen LogP contribution >= 0.6 is 0 Å². The predicted molar refractivity (Wildman–Crippen MR) is 73.7 cm³/mol. The molecule has 116 valence electrons. The molecular weight excluding hydrogens is 264 g/mol. The van der Waals surface area contributed by atoms with Crippen LogP contribution in [0.5, 0.6) is 0 Å². The van der Waals surface area contributed by atoms with Gasteiger partial charge < -0.3 is 27.2 Å². The van der Waals surface area contributed by atoms with Gasteiger partial charge in [-0.25, -0.2) is 0 Å². The van der Waals surface area contributed by atoms with Crippen LogP contribution in [-0.2, 0) is 14.4 Å². The molecule has 0 aliphatic rings. The summed E-state index contributed by atoms with van der Waals surface area (Å²) in [6, 6.07) is -2.19. The zero-order valence-corrected chi connectivity index (χ0v) is 11.9. The normalized spacial score (nSPS) is 15.0. The average molecular weight is 288 g/mol. The topological polar surface area (TPSA) is 148 Å². The van der Waals surface area contributed by atoms with Crippen molar-refractivity contribution in [1.82, 2.24) is 10.6 Å². The number of aliphatic carboxylic acids is 1. The third-order valence-corrected chi connectivity index (χ3v) is 2.72. The number of nitrogens with one attached hydrogen (secondary N) is 2. The first kappa shape index (κ1) is 18.3. The van der Waals surface area contributed by atoms with E-state index < -0.39 is 24.1 Å². The maximum absolute atomic E-state index is 11.6. The van der Waals surface area contributed by atoms with Gasteiger partial charge in [0, 0.05) is 6.54 Å². The molecule has 0 radical (unpaired) electrons. The lowest BCUT2D eigenvalue weighted by molar-refractivity contribution is -0.138. The highest BCUT2D eigenvalue weighted by molar-refractivity contribution is 5.89. The van der Waals surface area contributed by atoms with Gasteiger partial charge in [-0.1, -0.05) is 0 Å². The van der Waals surface area contributed by atoms with E-state index in [-0.39, 0.29) is 11.8 Å². The van der Waals surface area contributed by atoms with Crippen molar-refractivity contribution in [3.8, 4) is 0 Å². The van der Waals surface area contributed by atoms with Crippen LogP contribution in [0.25, 0.3) is 0 Å². The van der Waals surface area contributed by atoms with Crippen LogP contribution in [0, 0.1) is 0 Å². The Hall–Kier alpha value is -1.67. The first-order valence-corrected chi connectivity index (χ1v) is 6.57. The van der Waals surface area contributed by atoms with Gasteiger partial charge in [0.2, 0.25) is 11.8 Å². The molecule has 0 aliphatic heterocycles. The van der Waals surface area contributed by atoms with E-state index in [1.807, 2.05) is 0 Å². The highest BCUT2D eigenvalue weighted by Crippen LogP contribution is 1.98. The number of hydrogen-bond donors (Lipinski definition) is 5. The molecule has 0 rings (SSSR count). The zero-order valence-electron chi connectivity index (χ0n) is 11.9. The van der Waals surface area contributed by atoms with Crippen molar-refractivity contribution in [3.63, 3.8) is 0 Å². The summed E-state index contributed by atoms with van der Waals surface area (Å²) in [6.45, 7) is 3.51. The molecule has 0 fully saturated rings. The zero-order chi connectivity index (χ0) is 15.7. The van der Waals surface area contributed by atoms with E-state index in [9.17, 15) is 14.4 Å². The quantitative estimate of drug-likeness (QED) is 0.327. The van der Waals surface area contributed by atoms with Gasteiger partial charge in [-0.3, -0.25) is 14.4 Å². The highest BCUT2D eigenvalue weighted by Gasteiger charge is 2.17. The molecule has 3 unspecified atom stereocenters. The number of amides is 2. The Bertz CT molecular complexity index is 346. The maximum Gasteiger partial charge on any atom is 0.320 e. The minimum Gasteiger partial charge on any atom is -0.480 e. The smallest absolute Gasteiger partial charge is 0.320 e. The molecular formula is C12H24N4O4. The largest absolute Gasteiger partial charge is 0.480 e. The Kier molecular flexibility index (Phi) is 8.49. The van der Waals surface area contributed by atoms with Crippen LogP contribution in [0.3, 0.4) is 0 Å². The Labute approximate surface area is 118 Å². The van der Waals surface area contributed by atoms with E-state index in [0.717, 1.165) is 0 Å². The van der Waals surface area contributed by atoms with Crippen molar-refractivity contribution in [2.75, 3.05) is 6.54 Å². The average Bonchev–Trinajstić information content (AvgIpc) is 2.37. The monoisotopic (exact) mass is 288 g/mol. The molecule has 8 heteroatoms. The molecule has 0 aromatic rings. The second-order valence-corrected chi connectivity index (χ2v) is 4.75. The lowest BCUT2D eigenvalue weighted by Crippen LogP contribution is -2.49. The van der Waals surface area contributed by atoms with E-state index in [1.165, 1.54) is 6.92 Å². The molecule has 3 atom stereocenters. The third kappa shape index (κ3) is 7.70. The van der Waals surface area contributed by atoms with E-state index in [0.29, 0.717) is 25.8 Å². The molecule has 8 nitrogen and oxygen atoms in total. The van der Waals surface area contributed by atoms with Gasteiger partial charge in [0.25, 0.3) is 0 Å². The van der Waals surface area contributed by atoms with Gasteiger partial charge in [-0.15, -0.1) is 0 Å². The molecule has 0 saturated heterocycles. The van der Waals surface area contributed by atoms with Crippen molar-refractivity contribution < 1.29 is 19.5 Å². The Balaban J connectivity index is 3.77. The predicted octanol–water partition coefficient (Wildman–Crippen LogP) is -1.46. The van der Waals surface area contributed by atoms with Gasteiger partial charge in [0.15, 0.2) is 0 Å². The second-order valence-electron chi connectivity index (χ2n) is 4.75. The van der Waals surface area contributed by atoms with E-state index >= 15 is 0 Å². The standard InChI is InChI=1S/C12H24N4O4/c1-7(13)10(17)16-8(2)11(18)15-6-4-3-5-9(14)12(19)20/h7-9H,3-6,13-14H2,1-2H3,(H,15,18)(H,16,17)(H,19,20). The summed E-state index contributed by atoms with van der Waals surface area (Å²) in [5, 5.41) is 13.7. The van der Waals surface area contributed by atoms with E-state index in [1.54, 1.807) is 6.92 Å². The first-order valence-electron chi connectivity index (χ1n) is 6.57. The van der Waals surface area contributed by atoms with Crippen LogP contribution in [0.2, 0.25) is 0 Å². The van der Waals surface area contributed by atoms with E-state index in [4.69, 9.17) is 16.6 Å². The molecule has 0 aliphatic carbocycles. The molecule has 0 heterocycles. The van der Waals surface area contributed by atoms with Crippen molar-refractivity contribution in [2.24, 2.45) is 11.5 Å². The number of hydrogen-bond acceptors (Lipinski definition) is 5. The van der Waals surface area contributed by atoms with Crippen LogP contribution in [-0.4, -0.2) is 47.6 Å². The molecule has 0 aromatic heterocycles. The Morgan fingerprint density at radius 2 is 1.70 bits per heavy atom. The van der Waals surface area contributed by atoms with Gasteiger partial charge in [-0.05, 0) is 33.1 Å². The lowest BCUT2D eigenvalue weighted by atomic mass is 10.1. The van der Waals surface area contributed by atoms with Crippen LogP contribution in [0.1, 0.15) is 33.1 Å². The second kappa shape index (κ2) is 9.27. The van der Waals surface area contributed by atoms with Gasteiger partial charge >= 0.3 is 5.97 Å². The molecule has 0 bridgehead atoms. The van der Waals surface area contributed by atoms with Gasteiger partial charge in [0.1, 0.15) is 12.1 Å². The SMILES string of the molecule is CC(N)C(=O)NC(C)C(=O)NCCCCC(N)C(=O)O. The molecule has 0 aromatic carbocycles. The highest BCUT2D eigenvalue weighted by atomic mass is 16.4. The van der Waals surface area contributed by atoms with Crippen LogP contribution in [0.4, 0.5) is 0 Å². The molecule has 7 N–H and O–H groups in total. The summed E-state index contributed by atoms with van der Waals surface area (Å²) < 4.78 is 0. The lowest BCUT2D eigenvalue weighted by Gasteiger charge is -2.15. The molecule has 0 spiro atoms. The van der Waals surface area contributed by atoms with Crippen molar-refractivity contribution in [3.05, 3.63) is 0 Å².